The van der Waals surface area contributed by atoms with E-state index in [-0.39, 0.29) is 13.3 Å². The fraction of sp³-hybridized carbons (Fsp3) is 0.438. The molecule has 0 atom stereocenters. The number of halogens is 4. The second-order valence-electron chi connectivity index (χ2n) is 5.63. The zero-order valence-electron chi connectivity index (χ0n) is 12.7. The van der Waals surface area contributed by atoms with Crippen molar-refractivity contribution in [3.8, 4) is 11.5 Å². The molecule has 1 aliphatic heterocycles. The monoisotopic (exact) mass is 453 g/mol. The highest BCUT2D eigenvalue weighted by atomic mass is 79.9. The Labute approximate surface area is 163 Å². The van der Waals surface area contributed by atoms with Crippen LogP contribution in [-0.2, 0) is 11.3 Å². The lowest BCUT2D eigenvalue weighted by Gasteiger charge is -2.30. The van der Waals surface area contributed by atoms with Gasteiger partial charge in [0.2, 0.25) is 6.79 Å². The van der Waals surface area contributed by atoms with Gasteiger partial charge in [0.25, 0.3) is 9.70 Å². The first-order valence-corrected chi connectivity index (χ1v) is 9.44. The molecule has 0 saturated carbocycles. The molecule has 0 bridgehead atoms. The van der Waals surface area contributed by atoms with Crippen molar-refractivity contribution in [2.45, 2.75) is 36.0 Å². The molecule has 130 valence electrons. The molecule has 8 heteroatoms. The van der Waals surface area contributed by atoms with Crippen molar-refractivity contribution in [1.29, 1.82) is 0 Å². The maximum Gasteiger partial charge on any atom is 0.279 e. The molecule has 0 N–H and O–H groups in total. The maximum atomic E-state index is 12.6. The summed E-state index contributed by atoms with van der Waals surface area (Å²) >= 11 is 21.1. The Bertz CT molecular complexity index is 688. The number of carbonyl (C=O) groups is 1. The molecule has 1 aromatic rings. The number of benzene rings is 1. The number of rotatable bonds is 3. The molecule has 1 aliphatic carbocycles. The summed E-state index contributed by atoms with van der Waals surface area (Å²) in [5, 5.41) is 0. The van der Waals surface area contributed by atoms with E-state index in [1.807, 2.05) is 18.2 Å². The minimum atomic E-state index is -2.00. The molecule has 0 fully saturated rings. The van der Waals surface area contributed by atoms with Gasteiger partial charge in [-0.2, -0.15) is 0 Å². The lowest BCUT2D eigenvalue weighted by molar-refractivity contribution is -0.129. The number of hydrogen-bond donors (Lipinski definition) is 0. The van der Waals surface area contributed by atoms with Gasteiger partial charge in [0.15, 0.2) is 11.5 Å². The third-order valence-electron chi connectivity index (χ3n) is 3.97. The molecule has 4 nitrogen and oxygen atoms in total. The minimum absolute atomic E-state index is 0.188. The Balaban J connectivity index is 1.92. The van der Waals surface area contributed by atoms with Crippen LogP contribution in [0.15, 0.2) is 28.4 Å². The highest BCUT2D eigenvalue weighted by molar-refractivity contribution is 9.10. The summed E-state index contributed by atoms with van der Waals surface area (Å²) in [6.45, 7) is 0.475. The summed E-state index contributed by atoms with van der Waals surface area (Å²) in [5.41, 5.74) is 1.75. The number of alkyl halides is 3. The molecule has 0 aromatic heterocycles. The van der Waals surface area contributed by atoms with Gasteiger partial charge in [-0.3, -0.25) is 4.79 Å². The summed E-state index contributed by atoms with van der Waals surface area (Å²) in [7, 11) is 0. The molecule has 2 aliphatic rings. The van der Waals surface area contributed by atoms with Gasteiger partial charge in [-0.15, -0.1) is 0 Å². The quantitative estimate of drug-likeness (QED) is 0.578. The topological polar surface area (TPSA) is 38.8 Å². The fourth-order valence-corrected chi connectivity index (χ4v) is 3.53. The van der Waals surface area contributed by atoms with E-state index in [0.29, 0.717) is 11.5 Å². The van der Waals surface area contributed by atoms with Gasteiger partial charge < -0.3 is 14.4 Å². The third-order valence-corrected chi connectivity index (χ3v) is 5.19. The summed E-state index contributed by atoms with van der Waals surface area (Å²) in [6.07, 6.45) is 5.86. The van der Waals surface area contributed by atoms with E-state index in [1.165, 1.54) is 0 Å². The van der Waals surface area contributed by atoms with Gasteiger partial charge in [0, 0.05) is 10.2 Å². The molecule has 1 heterocycles. The van der Waals surface area contributed by atoms with E-state index in [9.17, 15) is 4.79 Å². The van der Waals surface area contributed by atoms with Crippen LogP contribution in [0.1, 0.15) is 31.2 Å². The van der Waals surface area contributed by atoms with Crippen LogP contribution in [-0.4, -0.2) is 21.4 Å². The SMILES string of the molecule is O=C(N(Cc1cc2c(cc1Br)OCO2)C1=CCCCC1)C(Cl)(Cl)Cl. The van der Waals surface area contributed by atoms with Crippen molar-refractivity contribution in [2.75, 3.05) is 6.79 Å². The van der Waals surface area contributed by atoms with E-state index in [4.69, 9.17) is 44.3 Å². The molecule has 0 unspecified atom stereocenters. The molecular formula is C16H15BrCl3NO3. The predicted octanol–water partition coefficient (Wildman–Crippen LogP) is 5.33. The highest BCUT2D eigenvalue weighted by Crippen LogP contribution is 2.39. The van der Waals surface area contributed by atoms with E-state index < -0.39 is 9.70 Å². The van der Waals surface area contributed by atoms with Crippen molar-refractivity contribution < 1.29 is 14.3 Å². The Hall–Kier alpha value is -0.620. The second kappa shape index (κ2) is 7.32. The number of amides is 1. The average Bonchev–Trinajstić information content (AvgIpc) is 2.99. The largest absolute Gasteiger partial charge is 0.454 e. The first kappa shape index (κ1) is 18.2. The van der Waals surface area contributed by atoms with Gasteiger partial charge in [0.1, 0.15) is 0 Å². The molecule has 1 amide bonds. The van der Waals surface area contributed by atoms with Crippen LogP contribution in [0.3, 0.4) is 0 Å². The summed E-state index contributed by atoms with van der Waals surface area (Å²) in [4.78, 5) is 14.2. The van der Waals surface area contributed by atoms with Crippen molar-refractivity contribution >= 4 is 56.6 Å². The van der Waals surface area contributed by atoms with Crippen molar-refractivity contribution in [1.82, 2.24) is 4.90 Å². The summed E-state index contributed by atoms with van der Waals surface area (Å²) in [6, 6.07) is 3.67. The number of ether oxygens (including phenoxy) is 2. The van der Waals surface area contributed by atoms with E-state index in [1.54, 1.807) is 4.90 Å². The van der Waals surface area contributed by atoms with Gasteiger partial charge in [-0.05, 0) is 43.4 Å². The number of nitrogens with zero attached hydrogens (tertiary/aromatic N) is 1. The molecule has 24 heavy (non-hydrogen) atoms. The molecule has 0 spiro atoms. The molecular weight excluding hydrogens is 440 g/mol. The zero-order valence-corrected chi connectivity index (χ0v) is 16.5. The minimum Gasteiger partial charge on any atom is -0.454 e. The highest BCUT2D eigenvalue weighted by Gasteiger charge is 2.37. The third kappa shape index (κ3) is 3.96. The lowest BCUT2D eigenvalue weighted by Crippen LogP contribution is -2.38. The van der Waals surface area contributed by atoms with Crippen LogP contribution in [0.25, 0.3) is 0 Å². The molecule has 1 aromatic carbocycles. The Morgan fingerprint density at radius 1 is 1.21 bits per heavy atom. The van der Waals surface area contributed by atoms with E-state index in [0.717, 1.165) is 41.4 Å². The van der Waals surface area contributed by atoms with Crippen molar-refractivity contribution in [3.63, 3.8) is 0 Å². The van der Waals surface area contributed by atoms with Crippen LogP contribution in [0.4, 0.5) is 0 Å². The van der Waals surface area contributed by atoms with Gasteiger partial charge in [-0.1, -0.05) is 56.8 Å². The van der Waals surface area contributed by atoms with Gasteiger partial charge >= 0.3 is 0 Å². The average molecular weight is 456 g/mol. The zero-order chi connectivity index (χ0) is 17.3. The summed E-state index contributed by atoms with van der Waals surface area (Å²) in [5.74, 6) is 0.763. The Kier molecular flexibility index (Phi) is 5.55. The number of fused-ring (bicyclic) bond motifs is 1. The number of hydrogen-bond acceptors (Lipinski definition) is 3. The normalized spacial score (nSPS) is 16.8. The van der Waals surface area contributed by atoms with E-state index >= 15 is 0 Å². The first-order chi connectivity index (χ1) is 11.4. The second-order valence-corrected chi connectivity index (χ2v) is 8.76. The fourth-order valence-electron chi connectivity index (χ4n) is 2.77. The first-order valence-electron chi connectivity index (χ1n) is 7.52. The van der Waals surface area contributed by atoms with Crippen LogP contribution >= 0.6 is 50.7 Å². The smallest absolute Gasteiger partial charge is 0.279 e. The molecule has 0 radical (unpaired) electrons. The Morgan fingerprint density at radius 2 is 1.92 bits per heavy atom. The maximum absolute atomic E-state index is 12.6. The number of allylic oxidation sites excluding steroid dienone is 2. The Morgan fingerprint density at radius 3 is 2.54 bits per heavy atom. The van der Waals surface area contributed by atoms with Crippen LogP contribution in [0, 0.1) is 0 Å². The van der Waals surface area contributed by atoms with Crippen molar-refractivity contribution in [3.05, 3.63) is 33.9 Å². The van der Waals surface area contributed by atoms with Crippen molar-refractivity contribution in [2.24, 2.45) is 0 Å². The van der Waals surface area contributed by atoms with Crippen LogP contribution in [0.2, 0.25) is 0 Å². The van der Waals surface area contributed by atoms with Gasteiger partial charge in [-0.25, -0.2) is 0 Å². The standard InChI is InChI=1S/C16H15BrCl3NO3/c17-12-7-14-13(23-9-24-14)6-10(12)8-21(15(22)16(18,19)20)11-4-2-1-3-5-11/h4,6-7H,1-3,5,8-9H2. The lowest BCUT2D eigenvalue weighted by atomic mass is 10.0. The van der Waals surface area contributed by atoms with E-state index in [2.05, 4.69) is 15.9 Å². The molecule has 0 saturated heterocycles. The summed E-state index contributed by atoms with van der Waals surface area (Å²) < 4.78 is 9.57. The van der Waals surface area contributed by atoms with Crippen LogP contribution < -0.4 is 9.47 Å². The number of carbonyl (C=O) groups excluding carboxylic acids is 1. The predicted molar refractivity (Wildman–Crippen MR) is 97.7 cm³/mol. The van der Waals surface area contributed by atoms with Gasteiger partial charge in [0.05, 0.1) is 6.54 Å². The molecule has 3 rings (SSSR count). The van der Waals surface area contributed by atoms with Crippen LogP contribution in [0.5, 0.6) is 11.5 Å².